The summed E-state index contributed by atoms with van der Waals surface area (Å²) in [5, 5.41) is 0. The first-order valence-corrected chi connectivity index (χ1v) is 12.0. The van der Waals surface area contributed by atoms with Gasteiger partial charge in [-0.1, -0.05) is 32.9 Å². The molecular formula is C26H33O7P. The number of benzene rings is 2. The van der Waals surface area contributed by atoms with Crippen molar-refractivity contribution in [2.75, 3.05) is 34.6 Å². The van der Waals surface area contributed by atoms with Crippen LogP contribution >= 0.6 is 8.46 Å². The number of carbonyl (C=O) groups is 2. The van der Waals surface area contributed by atoms with Crippen LogP contribution in [-0.2, 0) is 4.57 Å². The Morgan fingerprint density at radius 1 is 0.794 bits per heavy atom. The molecule has 7 nitrogen and oxygen atoms in total. The molecule has 0 spiro atoms. The Bertz CT molecular complexity index is 920. The molecule has 0 saturated heterocycles. The lowest BCUT2D eigenvalue weighted by Crippen LogP contribution is -2.39. The number of hydrogen-bond acceptors (Lipinski definition) is 7. The molecule has 0 aliphatic rings. The summed E-state index contributed by atoms with van der Waals surface area (Å²) >= 11 is 0. The highest BCUT2D eigenvalue weighted by Crippen LogP contribution is 2.44. The largest absolute Gasteiger partial charge is 0.496 e. The molecule has 0 aliphatic carbocycles. The van der Waals surface area contributed by atoms with Crippen molar-refractivity contribution < 1.29 is 33.1 Å². The predicted octanol–water partition coefficient (Wildman–Crippen LogP) is 5.75. The van der Waals surface area contributed by atoms with Gasteiger partial charge in [0.15, 0.2) is 20.0 Å². The van der Waals surface area contributed by atoms with Gasteiger partial charge in [-0.2, -0.15) is 0 Å². The van der Waals surface area contributed by atoms with Crippen molar-refractivity contribution in [1.82, 2.24) is 0 Å². The van der Waals surface area contributed by atoms with Crippen LogP contribution in [0.4, 0.5) is 0 Å². The third-order valence-electron chi connectivity index (χ3n) is 5.92. The van der Waals surface area contributed by atoms with Gasteiger partial charge in [0.2, 0.25) is 0 Å². The summed E-state index contributed by atoms with van der Waals surface area (Å²) in [6.07, 6.45) is 0.911. The molecule has 34 heavy (non-hydrogen) atoms. The fraction of sp³-hybridized carbons (Fsp3) is 0.462. The van der Waals surface area contributed by atoms with Crippen LogP contribution in [0.1, 0.15) is 47.9 Å². The molecule has 0 amide bonds. The molecule has 0 fully saturated rings. The maximum absolute atomic E-state index is 14.2. The van der Waals surface area contributed by atoms with Crippen molar-refractivity contribution >= 4 is 20.0 Å². The van der Waals surface area contributed by atoms with Crippen LogP contribution in [0.2, 0.25) is 0 Å². The topological polar surface area (TPSA) is 88.1 Å². The first-order valence-electron chi connectivity index (χ1n) is 11.0. The fourth-order valence-electron chi connectivity index (χ4n) is 4.51. The number of methoxy groups -OCH3 is 4. The van der Waals surface area contributed by atoms with E-state index in [0.29, 0.717) is 35.6 Å². The number of ketones is 2. The summed E-state index contributed by atoms with van der Waals surface area (Å²) in [5.41, 5.74) is -0.416. The minimum absolute atomic E-state index is 0.0106. The van der Waals surface area contributed by atoms with E-state index in [1.54, 1.807) is 36.4 Å². The third kappa shape index (κ3) is 5.76. The fourth-order valence-corrected chi connectivity index (χ4v) is 4.90. The lowest BCUT2D eigenvalue weighted by molar-refractivity contribution is 0.0635. The van der Waals surface area contributed by atoms with Gasteiger partial charge >= 0.3 is 0 Å². The Labute approximate surface area is 202 Å². The van der Waals surface area contributed by atoms with Crippen molar-refractivity contribution in [2.24, 2.45) is 17.3 Å². The van der Waals surface area contributed by atoms with Gasteiger partial charge < -0.3 is 18.9 Å². The zero-order chi connectivity index (χ0) is 25.5. The highest BCUT2D eigenvalue weighted by atomic mass is 31.1. The molecule has 0 radical (unpaired) electrons. The van der Waals surface area contributed by atoms with Crippen LogP contribution in [0.3, 0.4) is 0 Å². The Morgan fingerprint density at radius 3 is 1.44 bits per heavy atom. The maximum Gasteiger partial charge on any atom is 0.181 e. The van der Waals surface area contributed by atoms with Gasteiger partial charge in [-0.05, 0) is 42.0 Å². The molecular weight excluding hydrogens is 455 g/mol. The molecule has 0 N–H and O–H groups in total. The van der Waals surface area contributed by atoms with E-state index in [2.05, 4.69) is 0 Å². The Balaban J connectivity index is 2.76. The van der Waals surface area contributed by atoms with E-state index in [4.69, 9.17) is 18.9 Å². The zero-order valence-electron chi connectivity index (χ0n) is 20.8. The van der Waals surface area contributed by atoms with Crippen LogP contribution in [0.25, 0.3) is 0 Å². The van der Waals surface area contributed by atoms with Crippen LogP contribution < -0.4 is 18.9 Å². The van der Waals surface area contributed by atoms with Gasteiger partial charge in [0.25, 0.3) is 0 Å². The molecule has 2 aromatic carbocycles. The number of Topliss-reactive ketones (excluding diaryl/α,β-unsaturated/α-hetero) is 2. The SMILES string of the molecule is COc1cccc(OC)c1C(=O)C(C(=O)c1c(OC)cccc1OC)C(C)(C)C[C@@H](C)CP=O. The Morgan fingerprint density at radius 2 is 1.15 bits per heavy atom. The second-order valence-electron chi connectivity index (χ2n) is 8.85. The van der Waals surface area contributed by atoms with Gasteiger partial charge in [0, 0.05) is 6.16 Å². The summed E-state index contributed by atoms with van der Waals surface area (Å²) in [4.78, 5) is 28.4. The smallest absolute Gasteiger partial charge is 0.181 e. The minimum atomic E-state index is -1.12. The van der Waals surface area contributed by atoms with Crippen LogP contribution in [0, 0.1) is 17.3 Å². The van der Waals surface area contributed by atoms with Crippen molar-refractivity contribution in [2.45, 2.75) is 27.2 Å². The average molecular weight is 489 g/mol. The standard InChI is InChI=1S/C26H33O7P/c1-16(15-34-29)14-26(2,3)23(24(27)21-17(30-4)10-8-11-18(21)31-5)25(28)22-19(32-6)12-9-13-20(22)33-7/h8-13,16,23H,14-15H2,1-7H3/t16-/m1/s1. The molecule has 2 aromatic rings. The van der Waals surface area contributed by atoms with E-state index >= 15 is 0 Å². The summed E-state index contributed by atoms with van der Waals surface area (Å²) in [7, 11) is 5.88. The molecule has 0 heterocycles. The normalized spacial score (nSPS) is 12.4. The molecule has 0 aromatic heterocycles. The van der Waals surface area contributed by atoms with Gasteiger partial charge in [-0.3, -0.25) is 14.2 Å². The van der Waals surface area contributed by atoms with Gasteiger partial charge in [0.05, 0.1) is 34.4 Å². The Hall–Kier alpha value is -2.92. The van der Waals surface area contributed by atoms with E-state index in [9.17, 15) is 14.2 Å². The van der Waals surface area contributed by atoms with Crippen LogP contribution in [0.5, 0.6) is 23.0 Å². The number of ether oxygens (including phenoxy) is 4. The lowest BCUT2D eigenvalue weighted by atomic mass is 9.67. The van der Waals surface area contributed by atoms with Gasteiger partial charge in [0.1, 0.15) is 34.1 Å². The average Bonchev–Trinajstić information content (AvgIpc) is 2.82. The summed E-state index contributed by atoms with van der Waals surface area (Å²) < 4.78 is 33.1. The van der Waals surface area contributed by atoms with Crippen molar-refractivity contribution in [3.8, 4) is 23.0 Å². The van der Waals surface area contributed by atoms with Crippen LogP contribution in [-0.4, -0.2) is 46.2 Å². The second kappa shape index (κ2) is 12.0. The zero-order valence-corrected chi connectivity index (χ0v) is 21.7. The molecule has 0 saturated carbocycles. The number of rotatable bonds is 13. The van der Waals surface area contributed by atoms with E-state index in [1.807, 2.05) is 20.8 Å². The van der Waals surface area contributed by atoms with Crippen molar-refractivity contribution in [3.63, 3.8) is 0 Å². The molecule has 1 atom stereocenters. The highest BCUT2D eigenvalue weighted by Gasteiger charge is 2.45. The highest BCUT2D eigenvalue weighted by molar-refractivity contribution is 7.23. The summed E-state index contributed by atoms with van der Waals surface area (Å²) in [6, 6.07) is 10.1. The number of carbonyl (C=O) groups excluding carboxylic acids is 2. The van der Waals surface area contributed by atoms with Gasteiger partial charge in [-0.25, -0.2) is 0 Å². The molecule has 0 unspecified atom stereocenters. The second-order valence-corrected chi connectivity index (χ2v) is 9.47. The molecule has 2 rings (SSSR count). The molecule has 0 aliphatic heterocycles. The molecule has 8 heteroatoms. The van der Waals surface area contributed by atoms with Crippen molar-refractivity contribution in [3.05, 3.63) is 47.5 Å². The minimum Gasteiger partial charge on any atom is -0.496 e. The molecule has 0 bridgehead atoms. The first-order chi connectivity index (χ1) is 16.2. The lowest BCUT2D eigenvalue weighted by Gasteiger charge is -2.35. The van der Waals surface area contributed by atoms with E-state index < -0.39 is 22.9 Å². The summed E-state index contributed by atoms with van der Waals surface area (Å²) in [5.74, 6) is -0.697. The predicted molar refractivity (Wildman–Crippen MR) is 131 cm³/mol. The van der Waals surface area contributed by atoms with E-state index in [-0.39, 0.29) is 25.5 Å². The third-order valence-corrected chi connectivity index (χ3v) is 6.69. The van der Waals surface area contributed by atoms with E-state index in [1.165, 1.54) is 28.4 Å². The first kappa shape index (κ1) is 27.3. The quantitative estimate of drug-likeness (QED) is 0.202. The monoisotopic (exact) mass is 488 g/mol. The van der Waals surface area contributed by atoms with Crippen molar-refractivity contribution in [1.29, 1.82) is 0 Å². The number of hydrogen-bond donors (Lipinski definition) is 0. The summed E-state index contributed by atoms with van der Waals surface area (Å²) in [6.45, 7) is 5.69. The van der Waals surface area contributed by atoms with E-state index in [0.717, 1.165) is 0 Å². The van der Waals surface area contributed by atoms with Gasteiger partial charge in [-0.15, -0.1) is 0 Å². The maximum atomic E-state index is 14.2. The van der Waals surface area contributed by atoms with Crippen LogP contribution in [0.15, 0.2) is 36.4 Å². The molecule has 184 valence electrons. The Kier molecular flexibility index (Phi) is 9.63.